The van der Waals surface area contributed by atoms with E-state index in [9.17, 15) is 0 Å². The number of nitrogens with zero attached hydrogens (tertiary/aromatic N) is 3. The number of ether oxygens (including phenoxy) is 2. The average molecular weight is 420 g/mol. The first kappa shape index (κ1) is 18.7. The molecule has 2 atom stereocenters. The van der Waals surface area contributed by atoms with Crippen LogP contribution in [0.2, 0.25) is 10.0 Å². The summed E-state index contributed by atoms with van der Waals surface area (Å²) < 4.78 is 12.6. The van der Waals surface area contributed by atoms with Crippen LogP contribution in [0.5, 0.6) is 11.5 Å². The number of methoxy groups -OCH3 is 2. The summed E-state index contributed by atoms with van der Waals surface area (Å²) >= 11 is 12.3. The maximum absolute atomic E-state index is 6.22. The Hall–Kier alpha value is -2.64. The lowest BCUT2D eigenvalue weighted by molar-refractivity contribution is 0.352. The summed E-state index contributed by atoms with van der Waals surface area (Å²) in [5.41, 5.74) is 7.88. The van der Waals surface area contributed by atoms with Gasteiger partial charge in [0, 0.05) is 0 Å². The summed E-state index contributed by atoms with van der Waals surface area (Å²) in [4.78, 5) is 4.32. The van der Waals surface area contributed by atoms with Crippen molar-refractivity contribution >= 4 is 35.1 Å². The first-order valence-electron chi connectivity index (χ1n) is 8.65. The maximum atomic E-state index is 6.22. The second-order valence-electron chi connectivity index (χ2n) is 6.47. The molecule has 0 saturated carbocycles. The topological polar surface area (TPSA) is 87.2 Å². The van der Waals surface area contributed by atoms with Crippen molar-refractivity contribution in [1.82, 2.24) is 14.8 Å². The highest BCUT2D eigenvalue weighted by Gasteiger charge is 2.31. The van der Waals surface area contributed by atoms with E-state index < -0.39 is 0 Å². The minimum Gasteiger partial charge on any atom is -0.493 e. The number of anilines is 2. The number of nitrogens with one attached hydrogen (secondary N) is 1. The third-order valence-corrected chi connectivity index (χ3v) is 5.58. The Kier molecular flexibility index (Phi) is 4.95. The van der Waals surface area contributed by atoms with Crippen LogP contribution < -0.4 is 20.5 Å². The lowest BCUT2D eigenvalue weighted by Gasteiger charge is -2.32. The van der Waals surface area contributed by atoms with Crippen LogP contribution >= 0.6 is 23.2 Å². The van der Waals surface area contributed by atoms with Crippen LogP contribution in [0, 0.1) is 0 Å². The second kappa shape index (κ2) is 7.41. The SMILES string of the molecule is COc1ccc([C@@H]2C[C@@H](c3ccc(Cl)c(Cl)c3)Nc3nc(N)nn32)cc1OC. The van der Waals surface area contributed by atoms with Gasteiger partial charge in [-0.3, -0.25) is 0 Å². The van der Waals surface area contributed by atoms with Crippen molar-refractivity contribution in [1.29, 1.82) is 0 Å². The van der Waals surface area contributed by atoms with E-state index in [1.807, 2.05) is 30.3 Å². The molecule has 1 aliphatic heterocycles. The van der Waals surface area contributed by atoms with Gasteiger partial charge in [-0.05, 0) is 41.8 Å². The van der Waals surface area contributed by atoms with Gasteiger partial charge >= 0.3 is 0 Å². The second-order valence-corrected chi connectivity index (χ2v) is 7.29. The molecule has 2 heterocycles. The number of benzene rings is 2. The Morgan fingerprint density at radius 1 is 1.04 bits per heavy atom. The molecule has 2 aromatic carbocycles. The molecular formula is C19H19Cl2N5O2. The van der Waals surface area contributed by atoms with Crippen molar-refractivity contribution < 1.29 is 9.47 Å². The fraction of sp³-hybridized carbons (Fsp3) is 0.263. The third kappa shape index (κ3) is 3.31. The first-order valence-corrected chi connectivity index (χ1v) is 9.41. The van der Waals surface area contributed by atoms with Gasteiger partial charge in [0.15, 0.2) is 11.5 Å². The van der Waals surface area contributed by atoms with Gasteiger partial charge in [0.2, 0.25) is 11.9 Å². The number of aromatic nitrogens is 3. The molecule has 0 amide bonds. The van der Waals surface area contributed by atoms with Crippen molar-refractivity contribution in [3.63, 3.8) is 0 Å². The number of nitrogen functional groups attached to an aromatic ring is 1. The summed E-state index contributed by atoms with van der Waals surface area (Å²) in [7, 11) is 3.22. The Labute approximate surface area is 172 Å². The standard InChI is InChI=1S/C19H19Cl2N5O2/c1-27-16-6-4-11(8-17(16)28-2)15-9-14(10-3-5-12(20)13(21)7-10)23-19-24-18(22)25-26(15)19/h3-8,14-15H,9H2,1-2H3,(H3,22,23,24,25)/t14-,15-/m0/s1. The van der Waals surface area contributed by atoms with Gasteiger partial charge in [-0.2, -0.15) is 4.98 Å². The molecule has 1 aromatic heterocycles. The van der Waals surface area contributed by atoms with Crippen molar-refractivity contribution in [2.24, 2.45) is 0 Å². The normalized spacial score (nSPS) is 18.3. The Morgan fingerprint density at radius 3 is 2.50 bits per heavy atom. The monoisotopic (exact) mass is 419 g/mol. The van der Waals surface area contributed by atoms with Crippen molar-refractivity contribution in [2.75, 3.05) is 25.3 Å². The number of nitrogens with two attached hydrogens (primary N) is 1. The van der Waals surface area contributed by atoms with Gasteiger partial charge in [0.1, 0.15) is 0 Å². The Bertz CT molecular complexity index is 1020. The number of rotatable bonds is 4. The molecule has 9 heteroatoms. The summed E-state index contributed by atoms with van der Waals surface area (Å²) in [5, 5.41) is 8.78. The quantitative estimate of drug-likeness (QED) is 0.654. The van der Waals surface area contributed by atoms with E-state index in [4.69, 9.17) is 38.4 Å². The van der Waals surface area contributed by atoms with E-state index in [0.717, 1.165) is 11.1 Å². The predicted octanol–water partition coefficient (Wildman–Crippen LogP) is 4.33. The van der Waals surface area contributed by atoms with Crippen LogP contribution in [0.15, 0.2) is 36.4 Å². The van der Waals surface area contributed by atoms with Crippen LogP contribution in [0.1, 0.15) is 29.6 Å². The molecule has 0 saturated heterocycles. The zero-order valence-corrected chi connectivity index (χ0v) is 16.8. The van der Waals surface area contributed by atoms with Crippen molar-refractivity contribution in [3.8, 4) is 11.5 Å². The molecule has 0 radical (unpaired) electrons. The highest BCUT2D eigenvalue weighted by atomic mass is 35.5. The van der Waals surface area contributed by atoms with Crippen LogP contribution in [-0.2, 0) is 0 Å². The summed E-state index contributed by atoms with van der Waals surface area (Å²) in [6, 6.07) is 11.3. The minimum atomic E-state index is -0.0969. The summed E-state index contributed by atoms with van der Waals surface area (Å²) in [6.45, 7) is 0. The molecule has 0 fully saturated rings. The molecular weight excluding hydrogens is 401 g/mol. The van der Waals surface area contributed by atoms with Gasteiger partial charge in [0.25, 0.3) is 0 Å². The zero-order chi connectivity index (χ0) is 19.8. The molecule has 0 aliphatic carbocycles. The van der Waals surface area contributed by atoms with Crippen molar-refractivity contribution in [2.45, 2.75) is 18.5 Å². The fourth-order valence-corrected chi connectivity index (χ4v) is 3.79. The Balaban J connectivity index is 1.76. The van der Waals surface area contributed by atoms with E-state index in [-0.39, 0.29) is 18.0 Å². The molecule has 3 N–H and O–H groups in total. The van der Waals surface area contributed by atoms with Gasteiger partial charge in [-0.25, -0.2) is 4.68 Å². The number of halogens is 2. The van der Waals surface area contributed by atoms with Crippen LogP contribution in [-0.4, -0.2) is 29.0 Å². The first-order chi connectivity index (χ1) is 13.5. The number of hydrogen-bond donors (Lipinski definition) is 2. The molecule has 3 aromatic rings. The van der Waals surface area contributed by atoms with Crippen LogP contribution in [0.25, 0.3) is 0 Å². The van der Waals surface area contributed by atoms with Crippen molar-refractivity contribution in [3.05, 3.63) is 57.6 Å². The van der Waals surface area contributed by atoms with Crippen LogP contribution in [0.3, 0.4) is 0 Å². The van der Waals surface area contributed by atoms with Gasteiger partial charge in [-0.15, -0.1) is 5.10 Å². The Morgan fingerprint density at radius 2 is 1.79 bits per heavy atom. The van der Waals surface area contributed by atoms with E-state index in [1.165, 1.54) is 0 Å². The molecule has 7 nitrogen and oxygen atoms in total. The molecule has 28 heavy (non-hydrogen) atoms. The molecule has 1 aliphatic rings. The number of fused-ring (bicyclic) bond motifs is 1. The highest BCUT2D eigenvalue weighted by molar-refractivity contribution is 6.42. The largest absolute Gasteiger partial charge is 0.493 e. The van der Waals surface area contributed by atoms with Crippen LogP contribution in [0.4, 0.5) is 11.9 Å². The molecule has 0 spiro atoms. The molecule has 146 valence electrons. The third-order valence-electron chi connectivity index (χ3n) is 4.84. The smallest absolute Gasteiger partial charge is 0.241 e. The lowest BCUT2D eigenvalue weighted by atomic mass is 9.93. The van der Waals surface area contributed by atoms with Gasteiger partial charge < -0.3 is 20.5 Å². The van der Waals surface area contributed by atoms with E-state index >= 15 is 0 Å². The summed E-state index contributed by atoms with van der Waals surface area (Å²) in [6.07, 6.45) is 0.712. The molecule has 0 bridgehead atoms. The average Bonchev–Trinajstić information content (AvgIpc) is 3.08. The zero-order valence-electron chi connectivity index (χ0n) is 15.3. The molecule has 4 rings (SSSR count). The van der Waals surface area contributed by atoms with E-state index in [0.29, 0.717) is 33.9 Å². The minimum absolute atomic E-state index is 0.0380. The highest BCUT2D eigenvalue weighted by Crippen LogP contribution is 2.41. The van der Waals surface area contributed by atoms with E-state index in [1.54, 1.807) is 25.0 Å². The van der Waals surface area contributed by atoms with E-state index in [2.05, 4.69) is 15.4 Å². The van der Waals surface area contributed by atoms with Gasteiger partial charge in [-0.1, -0.05) is 35.3 Å². The number of hydrogen-bond acceptors (Lipinski definition) is 6. The fourth-order valence-electron chi connectivity index (χ4n) is 3.48. The molecule has 0 unspecified atom stereocenters. The van der Waals surface area contributed by atoms with Gasteiger partial charge in [0.05, 0.1) is 36.3 Å². The predicted molar refractivity (Wildman–Crippen MR) is 110 cm³/mol. The maximum Gasteiger partial charge on any atom is 0.241 e. The lowest BCUT2D eigenvalue weighted by Crippen LogP contribution is -2.28. The summed E-state index contributed by atoms with van der Waals surface area (Å²) in [5.74, 6) is 2.13.